The average molecular weight is 665 g/mol. The van der Waals surface area contributed by atoms with Crippen LogP contribution in [0, 0.1) is 0 Å². The summed E-state index contributed by atoms with van der Waals surface area (Å²) in [5.74, 6) is 0.880. The van der Waals surface area contributed by atoms with Crippen LogP contribution in [0.5, 0.6) is 0 Å². The van der Waals surface area contributed by atoms with Gasteiger partial charge in [-0.3, -0.25) is 4.57 Å². The van der Waals surface area contributed by atoms with Crippen LogP contribution in [0.2, 0.25) is 0 Å². The first-order valence-corrected chi connectivity index (χ1v) is 18.4. The second kappa shape index (κ2) is 10.9. The minimum atomic E-state index is -4.91. The highest BCUT2D eigenvalue weighted by atomic mass is 28.4. The number of fused-ring (bicyclic) bond motifs is 6. The van der Waals surface area contributed by atoms with Gasteiger partial charge in [0.05, 0.1) is 21.8 Å². The molecule has 3 nitrogen and oxygen atoms in total. The molecule has 0 radical (unpaired) electrons. The number of benzene rings is 7. The third-order valence-electron chi connectivity index (χ3n) is 9.99. The molecule has 0 amide bonds. The lowest BCUT2D eigenvalue weighted by Crippen LogP contribution is -2.62. The van der Waals surface area contributed by atoms with Crippen molar-refractivity contribution in [3.8, 4) is 50.6 Å². The van der Waals surface area contributed by atoms with Gasteiger partial charge in [0.15, 0.2) is 11.9 Å². The first kappa shape index (κ1) is 28.7. The average Bonchev–Trinajstić information content (AvgIpc) is 3.66. The number of imidazole rings is 1. The van der Waals surface area contributed by atoms with Crippen LogP contribution in [0.25, 0.3) is 83.2 Å². The molecule has 0 spiro atoms. The summed E-state index contributed by atoms with van der Waals surface area (Å²) in [5.41, 5.74) is 9.07. The lowest BCUT2D eigenvalue weighted by molar-refractivity contribution is -0.546. The molecule has 0 N–H and O–H groups in total. The Morgan fingerprint density at radius 3 is 1.76 bits per heavy atom. The standard InChI is InChI=1S/C44H28F2N3Si/c45-50(46)41-22-12-11-21-37(41)39-25-24-31(28-48(39)50)43-35-19-9-7-17-33(35)42(34-18-8-10-20-36(34)43)30-23-26-40-38(27-30)47-44(29-13-3-1-4-14-29)49(40)32-15-5-2-6-16-32/h1-28H/q+1. The highest BCUT2D eigenvalue weighted by molar-refractivity contribution is 6.75. The predicted molar refractivity (Wildman–Crippen MR) is 201 cm³/mol. The molecule has 0 aliphatic carbocycles. The van der Waals surface area contributed by atoms with Crippen molar-refractivity contribution >= 4 is 46.7 Å². The van der Waals surface area contributed by atoms with E-state index >= 15 is 8.22 Å². The van der Waals surface area contributed by atoms with Gasteiger partial charge in [-0.25, -0.2) is 17.4 Å². The van der Waals surface area contributed by atoms with Crippen molar-refractivity contribution in [1.29, 1.82) is 0 Å². The van der Waals surface area contributed by atoms with Gasteiger partial charge < -0.3 is 0 Å². The number of rotatable bonds is 4. The summed E-state index contributed by atoms with van der Waals surface area (Å²) in [6.07, 6.45) is 1.68. The maximum Gasteiger partial charge on any atom is 0.803 e. The molecule has 6 heteroatoms. The highest BCUT2D eigenvalue weighted by Crippen LogP contribution is 2.44. The summed E-state index contributed by atoms with van der Waals surface area (Å²) < 4.78 is 35.5. The second-order valence-corrected chi connectivity index (χ2v) is 14.9. The molecule has 2 aromatic heterocycles. The molecule has 0 saturated heterocycles. The minimum Gasteiger partial charge on any atom is -0.292 e. The lowest BCUT2D eigenvalue weighted by Gasteiger charge is -2.17. The molecule has 10 rings (SSSR count). The van der Waals surface area contributed by atoms with Crippen molar-refractivity contribution in [2.24, 2.45) is 0 Å². The summed E-state index contributed by atoms with van der Waals surface area (Å²) in [6, 6.07) is 54.6. The number of halogens is 2. The maximum atomic E-state index is 16.0. The fraction of sp³-hybridized carbons (Fsp3) is 0. The van der Waals surface area contributed by atoms with Crippen molar-refractivity contribution in [1.82, 2.24) is 9.55 Å². The van der Waals surface area contributed by atoms with Gasteiger partial charge in [-0.15, -0.1) is 0 Å². The molecule has 0 saturated carbocycles. The monoisotopic (exact) mass is 664 g/mol. The Morgan fingerprint density at radius 1 is 0.520 bits per heavy atom. The SMILES string of the molecule is F[Si]1(F)c2ccccc2-c2ccc(-c3c4ccccc4c(-c4ccc5c(c4)nc(-c4ccccc4)n5-c4ccccc4)c4ccccc34)c[n+]21. The smallest absolute Gasteiger partial charge is 0.292 e. The van der Waals surface area contributed by atoms with Crippen molar-refractivity contribution < 1.29 is 12.4 Å². The van der Waals surface area contributed by atoms with E-state index in [2.05, 4.69) is 83.4 Å². The molecular formula is C44H28F2N3Si+. The number of nitrogens with zero attached hydrogens (tertiary/aromatic N) is 3. The van der Waals surface area contributed by atoms with Gasteiger partial charge in [-0.2, -0.15) is 0 Å². The third-order valence-corrected chi connectivity index (χ3v) is 12.0. The summed E-state index contributed by atoms with van der Waals surface area (Å²) in [6.45, 7) is 0. The lowest BCUT2D eigenvalue weighted by atomic mass is 9.86. The van der Waals surface area contributed by atoms with Gasteiger partial charge in [0.2, 0.25) is 0 Å². The predicted octanol–water partition coefficient (Wildman–Crippen LogP) is 10.2. The molecule has 0 unspecified atom stereocenters. The Bertz CT molecular complexity index is 2740. The van der Waals surface area contributed by atoms with E-state index in [0.29, 0.717) is 11.3 Å². The molecule has 236 valence electrons. The van der Waals surface area contributed by atoms with E-state index in [4.69, 9.17) is 4.98 Å². The maximum absolute atomic E-state index is 16.0. The van der Waals surface area contributed by atoms with Crippen LogP contribution >= 0.6 is 0 Å². The topological polar surface area (TPSA) is 21.7 Å². The van der Waals surface area contributed by atoms with E-state index in [1.54, 1.807) is 24.4 Å². The van der Waals surface area contributed by atoms with Crippen LogP contribution in [0.3, 0.4) is 0 Å². The Labute approximate surface area is 288 Å². The van der Waals surface area contributed by atoms with E-state index < -0.39 is 8.90 Å². The van der Waals surface area contributed by atoms with Gasteiger partial charge in [-0.1, -0.05) is 121 Å². The van der Waals surface area contributed by atoms with Crippen molar-refractivity contribution in [3.63, 3.8) is 0 Å². The van der Waals surface area contributed by atoms with Crippen LogP contribution in [0.15, 0.2) is 170 Å². The molecule has 0 bridgehead atoms. The van der Waals surface area contributed by atoms with Crippen LogP contribution in [-0.2, 0) is 0 Å². The normalized spacial score (nSPS) is 13.2. The molecule has 1 aliphatic heterocycles. The van der Waals surface area contributed by atoms with Crippen molar-refractivity contribution in [2.75, 3.05) is 0 Å². The van der Waals surface area contributed by atoms with E-state index in [-0.39, 0.29) is 5.19 Å². The van der Waals surface area contributed by atoms with Crippen molar-refractivity contribution in [2.45, 2.75) is 0 Å². The van der Waals surface area contributed by atoms with Crippen LogP contribution in [0.4, 0.5) is 8.22 Å². The molecule has 7 aromatic carbocycles. The first-order chi connectivity index (χ1) is 24.6. The number of para-hydroxylation sites is 1. The van der Waals surface area contributed by atoms with Gasteiger partial charge >= 0.3 is 8.90 Å². The van der Waals surface area contributed by atoms with Crippen LogP contribution in [-0.4, -0.2) is 18.5 Å². The minimum absolute atomic E-state index is 0.169. The summed E-state index contributed by atoms with van der Waals surface area (Å²) in [4.78, 5) is 5.23. The molecular weight excluding hydrogens is 637 g/mol. The highest BCUT2D eigenvalue weighted by Gasteiger charge is 2.63. The number of hydrogen-bond acceptors (Lipinski definition) is 1. The Kier molecular flexibility index (Phi) is 6.26. The zero-order valence-corrected chi connectivity index (χ0v) is 27.8. The van der Waals surface area contributed by atoms with Gasteiger partial charge in [0, 0.05) is 28.4 Å². The summed E-state index contributed by atoms with van der Waals surface area (Å²) in [5, 5.41) is 4.32. The summed E-state index contributed by atoms with van der Waals surface area (Å²) in [7, 11) is -4.91. The Morgan fingerprint density at radius 2 is 1.08 bits per heavy atom. The zero-order valence-electron chi connectivity index (χ0n) is 26.8. The second-order valence-electron chi connectivity index (χ2n) is 12.8. The quantitative estimate of drug-likeness (QED) is 0.104. The molecule has 1 aliphatic rings. The molecule has 3 heterocycles. The fourth-order valence-corrected chi connectivity index (χ4v) is 9.69. The zero-order chi connectivity index (χ0) is 33.4. The largest absolute Gasteiger partial charge is 0.803 e. The fourth-order valence-electron chi connectivity index (χ4n) is 7.80. The van der Waals surface area contributed by atoms with E-state index in [1.165, 1.54) is 4.23 Å². The number of pyridine rings is 1. The number of hydrogen-bond donors (Lipinski definition) is 0. The first-order valence-electron chi connectivity index (χ1n) is 16.7. The molecule has 50 heavy (non-hydrogen) atoms. The van der Waals surface area contributed by atoms with Crippen LogP contribution in [0.1, 0.15) is 0 Å². The summed E-state index contributed by atoms with van der Waals surface area (Å²) >= 11 is 0. The van der Waals surface area contributed by atoms with Gasteiger partial charge in [0.25, 0.3) is 0 Å². The Balaban J connectivity index is 1.21. The van der Waals surface area contributed by atoms with E-state index in [9.17, 15) is 0 Å². The third kappa shape index (κ3) is 4.18. The number of aromatic nitrogens is 3. The molecule has 9 aromatic rings. The van der Waals surface area contributed by atoms with E-state index in [1.807, 2.05) is 66.7 Å². The Hall–Kier alpha value is -6.24. The van der Waals surface area contributed by atoms with Gasteiger partial charge in [0.1, 0.15) is 5.82 Å². The molecule has 0 fully saturated rings. The van der Waals surface area contributed by atoms with E-state index in [0.717, 1.165) is 71.9 Å². The van der Waals surface area contributed by atoms with Gasteiger partial charge in [-0.05, 0) is 69.1 Å². The van der Waals surface area contributed by atoms with Crippen LogP contribution < -0.4 is 9.42 Å². The van der Waals surface area contributed by atoms with Crippen molar-refractivity contribution in [3.05, 3.63) is 170 Å². The molecule has 0 atom stereocenters.